The standard InChI is InChI=1S/C16H20FNO3/c1-12(19)14-7-6-13(17)10-15(14)21-11-16(20)18-8-4-2-3-5-9-18/h6-7,10H,2-5,8-9,11H2,1H3. The zero-order valence-electron chi connectivity index (χ0n) is 12.2. The van der Waals surface area contributed by atoms with Crippen LogP contribution in [0.15, 0.2) is 18.2 Å². The summed E-state index contributed by atoms with van der Waals surface area (Å²) in [5.74, 6) is -0.689. The van der Waals surface area contributed by atoms with Crippen molar-refractivity contribution in [2.24, 2.45) is 0 Å². The fraction of sp³-hybridized carbons (Fsp3) is 0.500. The molecule has 5 heteroatoms. The van der Waals surface area contributed by atoms with Crippen LogP contribution in [0.5, 0.6) is 5.75 Å². The van der Waals surface area contributed by atoms with Crippen molar-refractivity contribution in [1.29, 1.82) is 0 Å². The summed E-state index contributed by atoms with van der Waals surface area (Å²) in [6, 6.07) is 3.73. The van der Waals surface area contributed by atoms with Crippen LogP contribution in [-0.4, -0.2) is 36.3 Å². The van der Waals surface area contributed by atoms with Crippen molar-refractivity contribution in [2.75, 3.05) is 19.7 Å². The number of nitrogens with zero attached hydrogens (tertiary/aromatic N) is 1. The summed E-state index contributed by atoms with van der Waals surface area (Å²) in [6.45, 7) is 2.70. The monoisotopic (exact) mass is 293 g/mol. The molecule has 0 atom stereocenters. The van der Waals surface area contributed by atoms with E-state index in [2.05, 4.69) is 0 Å². The zero-order chi connectivity index (χ0) is 15.2. The number of hydrogen-bond acceptors (Lipinski definition) is 3. The molecule has 1 aromatic carbocycles. The SMILES string of the molecule is CC(=O)c1ccc(F)cc1OCC(=O)N1CCCCCC1. The molecule has 114 valence electrons. The molecule has 0 unspecified atom stereocenters. The largest absolute Gasteiger partial charge is 0.483 e. The van der Waals surface area contributed by atoms with Gasteiger partial charge in [0.05, 0.1) is 5.56 Å². The van der Waals surface area contributed by atoms with Crippen LogP contribution in [0.3, 0.4) is 0 Å². The Bertz CT molecular complexity index is 522. The van der Waals surface area contributed by atoms with Crippen LogP contribution in [0.1, 0.15) is 43.0 Å². The summed E-state index contributed by atoms with van der Waals surface area (Å²) < 4.78 is 18.6. The van der Waals surface area contributed by atoms with E-state index in [1.807, 2.05) is 0 Å². The number of Topliss-reactive ketones (excluding diaryl/α,β-unsaturated/α-hetero) is 1. The van der Waals surface area contributed by atoms with Crippen molar-refractivity contribution in [3.63, 3.8) is 0 Å². The molecule has 2 rings (SSSR count). The van der Waals surface area contributed by atoms with Crippen LogP contribution in [0, 0.1) is 5.82 Å². The molecule has 0 aromatic heterocycles. The molecule has 0 aliphatic carbocycles. The summed E-state index contributed by atoms with van der Waals surface area (Å²) in [7, 11) is 0. The maximum Gasteiger partial charge on any atom is 0.260 e. The fourth-order valence-electron chi connectivity index (χ4n) is 2.46. The molecule has 1 aromatic rings. The molecule has 4 nitrogen and oxygen atoms in total. The minimum absolute atomic E-state index is 0.115. The van der Waals surface area contributed by atoms with E-state index in [0.717, 1.165) is 44.8 Å². The highest BCUT2D eigenvalue weighted by atomic mass is 19.1. The number of halogens is 1. The number of carbonyl (C=O) groups is 2. The van der Waals surface area contributed by atoms with Crippen LogP contribution in [0.4, 0.5) is 4.39 Å². The van der Waals surface area contributed by atoms with E-state index >= 15 is 0 Å². The van der Waals surface area contributed by atoms with E-state index in [0.29, 0.717) is 5.56 Å². The minimum Gasteiger partial charge on any atom is -0.483 e. The van der Waals surface area contributed by atoms with Crippen LogP contribution >= 0.6 is 0 Å². The van der Waals surface area contributed by atoms with E-state index < -0.39 is 5.82 Å². The number of rotatable bonds is 4. The number of likely N-dealkylation sites (tertiary alicyclic amines) is 1. The second-order valence-electron chi connectivity index (χ2n) is 5.28. The number of benzene rings is 1. The van der Waals surface area contributed by atoms with Crippen LogP contribution in [0.2, 0.25) is 0 Å². The maximum atomic E-state index is 13.3. The molecule has 0 radical (unpaired) electrons. The fourth-order valence-corrected chi connectivity index (χ4v) is 2.46. The molecular formula is C16H20FNO3. The number of carbonyl (C=O) groups excluding carboxylic acids is 2. The highest BCUT2D eigenvalue weighted by Crippen LogP contribution is 2.21. The van der Waals surface area contributed by atoms with Crippen molar-refractivity contribution in [3.05, 3.63) is 29.6 Å². The van der Waals surface area contributed by atoms with Gasteiger partial charge >= 0.3 is 0 Å². The van der Waals surface area contributed by atoms with Crippen molar-refractivity contribution in [1.82, 2.24) is 4.90 Å². The van der Waals surface area contributed by atoms with Gasteiger partial charge in [-0.25, -0.2) is 4.39 Å². The number of hydrogen-bond donors (Lipinski definition) is 0. The first kappa shape index (κ1) is 15.5. The van der Waals surface area contributed by atoms with Gasteiger partial charge in [0, 0.05) is 19.2 Å². The summed E-state index contributed by atoms with van der Waals surface area (Å²) >= 11 is 0. The van der Waals surface area contributed by atoms with E-state index in [-0.39, 0.29) is 24.0 Å². The summed E-state index contributed by atoms with van der Waals surface area (Å²) in [6.07, 6.45) is 4.29. The molecular weight excluding hydrogens is 273 g/mol. The van der Waals surface area contributed by atoms with Gasteiger partial charge in [0.2, 0.25) is 0 Å². The van der Waals surface area contributed by atoms with Crippen LogP contribution < -0.4 is 4.74 Å². The average molecular weight is 293 g/mol. The van der Waals surface area contributed by atoms with E-state index in [4.69, 9.17) is 4.74 Å². The molecule has 21 heavy (non-hydrogen) atoms. The second kappa shape index (κ2) is 7.20. The third-order valence-electron chi connectivity index (χ3n) is 3.63. The van der Waals surface area contributed by atoms with Crippen LogP contribution in [0.25, 0.3) is 0 Å². The molecule has 1 aliphatic rings. The van der Waals surface area contributed by atoms with Gasteiger partial charge in [-0.1, -0.05) is 12.8 Å². The highest BCUT2D eigenvalue weighted by molar-refractivity contribution is 5.96. The number of ketones is 1. The molecule has 1 amide bonds. The third-order valence-corrected chi connectivity index (χ3v) is 3.63. The lowest BCUT2D eigenvalue weighted by Crippen LogP contribution is -2.35. The van der Waals surface area contributed by atoms with Crippen molar-refractivity contribution >= 4 is 11.7 Å². The summed E-state index contributed by atoms with van der Waals surface area (Å²) in [5.41, 5.74) is 0.292. The normalized spacial score (nSPS) is 15.4. The Hall–Kier alpha value is -1.91. The topological polar surface area (TPSA) is 46.6 Å². The average Bonchev–Trinajstić information content (AvgIpc) is 2.73. The summed E-state index contributed by atoms with van der Waals surface area (Å²) in [5, 5.41) is 0. The summed E-state index contributed by atoms with van der Waals surface area (Å²) in [4.78, 5) is 25.4. The van der Waals surface area contributed by atoms with Gasteiger partial charge in [-0.15, -0.1) is 0 Å². The molecule has 1 fully saturated rings. The van der Waals surface area contributed by atoms with Crippen molar-refractivity contribution < 1.29 is 18.7 Å². The van der Waals surface area contributed by atoms with E-state index in [9.17, 15) is 14.0 Å². The van der Waals surface area contributed by atoms with Crippen molar-refractivity contribution in [3.8, 4) is 5.75 Å². The smallest absolute Gasteiger partial charge is 0.260 e. The molecule has 0 N–H and O–H groups in total. The lowest BCUT2D eigenvalue weighted by atomic mass is 10.1. The Morgan fingerprint density at radius 1 is 1.19 bits per heavy atom. The molecule has 0 bridgehead atoms. The lowest BCUT2D eigenvalue weighted by molar-refractivity contribution is -0.133. The van der Waals surface area contributed by atoms with Gasteiger partial charge in [-0.05, 0) is 31.9 Å². The Morgan fingerprint density at radius 2 is 1.86 bits per heavy atom. The second-order valence-corrected chi connectivity index (χ2v) is 5.28. The van der Waals surface area contributed by atoms with Crippen LogP contribution in [-0.2, 0) is 4.79 Å². The van der Waals surface area contributed by atoms with Gasteiger partial charge in [0.1, 0.15) is 11.6 Å². The lowest BCUT2D eigenvalue weighted by Gasteiger charge is -2.20. The van der Waals surface area contributed by atoms with Gasteiger partial charge in [-0.2, -0.15) is 0 Å². The first-order chi connectivity index (χ1) is 10.1. The molecule has 1 saturated heterocycles. The van der Waals surface area contributed by atoms with E-state index in [1.54, 1.807) is 4.90 Å². The number of amides is 1. The van der Waals surface area contributed by atoms with Gasteiger partial charge in [0.15, 0.2) is 12.4 Å². The van der Waals surface area contributed by atoms with Gasteiger partial charge in [-0.3, -0.25) is 9.59 Å². The predicted octanol–water partition coefficient (Wildman–Crippen LogP) is 2.81. The quantitative estimate of drug-likeness (QED) is 0.802. The van der Waals surface area contributed by atoms with Gasteiger partial charge < -0.3 is 9.64 Å². The Morgan fingerprint density at radius 3 is 2.48 bits per heavy atom. The Labute approximate surface area is 123 Å². The highest BCUT2D eigenvalue weighted by Gasteiger charge is 2.17. The van der Waals surface area contributed by atoms with Crippen molar-refractivity contribution in [2.45, 2.75) is 32.6 Å². The number of ether oxygens (including phenoxy) is 1. The predicted molar refractivity (Wildman–Crippen MR) is 76.9 cm³/mol. The Kier molecular flexibility index (Phi) is 5.31. The third kappa shape index (κ3) is 4.28. The Balaban J connectivity index is 2.00. The maximum absolute atomic E-state index is 13.3. The molecule has 1 heterocycles. The first-order valence-electron chi connectivity index (χ1n) is 7.29. The van der Waals surface area contributed by atoms with E-state index in [1.165, 1.54) is 19.1 Å². The zero-order valence-corrected chi connectivity index (χ0v) is 12.2. The molecule has 0 spiro atoms. The minimum atomic E-state index is -0.489. The van der Waals surface area contributed by atoms with Gasteiger partial charge in [0.25, 0.3) is 5.91 Å². The molecule has 1 aliphatic heterocycles. The molecule has 0 saturated carbocycles. The first-order valence-corrected chi connectivity index (χ1v) is 7.29.